The van der Waals surface area contributed by atoms with E-state index in [4.69, 9.17) is 0 Å². The molecule has 1 N–H and O–H groups in total. The van der Waals surface area contributed by atoms with E-state index in [0.29, 0.717) is 5.56 Å². The van der Waals surface area contributed by atoms with Crippen LogP contribution in [0.1, 0.15) is 28.9 Å². The molecule has 24 heavy (non-hydrogen) atoms. The van der Waals surface area contributed by atoms with Crippen molar-refractivity contribution in [1.82, 2.24) is 5.32 Å². The Bertz CT molecular complexity index is 775. The molecule has 0 radical (unpaired) electrons. The number of hydrogen-bond acceptors (Lipinski definition) is 5. The third-order valence-electron chi connectivity index (χ3n) is 3.30. The maximum absolute atomic E-state index is 12.9. The van der Waals surface area contributed by atoms with Crippen LogP contribution >= 0.6 is 0 Å². The predicted octanol–water partition coefficient (Wildman–Crippen LogP) is 3.13. The van der Waals surface area contributed by atoms with Crippen molar-refractivity contribution in [3.63, 3.8) is 0 Å². The zero-order chi connectivity index (χ0) is 17.9. The average Bonchev–Trinajstić information content (AvgIpc) is 2.54. The van der Waals surface area contributed by atoms with Crippen LogP contribution in [0.2, 0.25) is 0 Å². The van der Waals surface area contributed by atoms with Gasteiger partial charge in [0, 0.05) is 12.1 Å². The quantitative estimate of drug-likeness (QED) is 0.666. The SMILES string of the molecule is C[C@@H](NC(=O)c1cc([N+](=O)[O-])cc([N+](=O)[O-])c1)c1ccc(F)cc1. The Kier molecular flexibility index (Phi) is 4.83. The van der Waals surface area contributed by atoms with Crippen molar-refractivity contribution in [2.75, 3.05) is 0 Å². The number of nitro groups is 2. The second-order valence-corrected chi connectivity index (χ2v) is 5.00. The third kappa shape index (κ3) is 3.88. The molecule has 124 valence electrons. The van der Waals surface area contributed by atoms with E-state index in [2.05, 4.69) is 5.32 Å². The summed E-state index contributed by atoms with van der Waals surface area (Å²) in [7, 11) is 0. The highest BCUT2D eigenvalue weighted by Crippen LogP contribution is 2.23. The monoisotopic (exact) mass is 333 g/mol. The molecule has 0 fully saturated rings. The van der Waals surface area contributed by atoms with Gasteiger partial charge in [0.1, 0.15) is 5.82 Å². The number of halogens is 1. The molecule has 0 aromatic heterocycles. The van der Waals surface area contributed by atoms with E-state index in [0.717, 1.165) is 18.2 Å². The van der Waals surface area contributed by atoms with Gasteiger partial charge in [0.2, 0.25) is 0 Å². The summed E-state index contributed by atoms with van der Waals surface area (Å²) in [5.74, 6) is -1.13. The van der Waals surface area contributed by atoms with Crippen molar-refractivity contribution in [3.8, 4) is 0 Å². The first-order valence-corrected chi connectivity index (χ1v) is 6.78. The summed E-state index contributed by atoms with van der Waals surface area (Å²) in [6.45, 7) is 1.64. The number of benzene rings is 2. The van der Waals surface area contributed by atoms with Gasteiger partial charge in [-0.2, -0.15) is 0 Å². The minimum absolute atomic E-state index is 0.204. The Morgan fingerprint density at radius 3 is 2.00 bits per heavy atom. The highest BCUT2D eigenvalue weighted by molar-refractivity contribution is 5.95. The van der Waals surface area contributed by atoms with E-state index in [-0.39, 0.29) is 5.56 Å². The maximum atomic E-state index is 12.9. The van der Waals surface area contributed by atoms with Gasteiger partial charge in [-0.15, -0.1) is 0 Å². The first-order valence-electron chi connectivity index (χ1n) is 6.78. The molecule has 8 nitrogen and oxygen atoms in total. The van der Waals surface area contributed by atoms with Crippen LogP contribution in [0.4, 0.5) is 15.8 Å². The molecule has 9 heteroatoms. The van der Waals surface area contributed by atoms with Crippen LogP contribution in [-0.4, -0.2) is 15.8 Å². The predicted molar refractivity (Wildman–Crippen MR) is 82.0 cm³/mol. The van der Waals surface area contributed by atoms with Gasteiger partial charge < -0.3 is 5.32 Å². The van der Waals surface area contributed by atoms with E-state index in [1.54, 1.807) is 6.92 Å². The number of carbonyl (C=O) groups excluding carboxylic acids is 1. The number of amides is 1. The standard InChI is InChI=1S/C15H12FN3O5/c1-9(10-2-4-12(16)5-3-10)17-15(20)11-6-13(18(21)22)8-14(7-11)19(23)24/h2-9H,1H3,(H,17,20)/t9-/m1/s1. The highest BCUT2D eigenvalue weighted by Gasteiger charge is 2.21. The van der Waals surface area contributed by atoms with Gasteiger partial charge in [-0.1, -0.05) is 12.1 Å². The van der Waals surface area contributed by atoms with Crippen LogP contribution in [0.5, 0.6) is 0 Å². The van der Waals surface area contributed by atoms with Gasteiger partial charge in [0.15, 0.2) is 0 Å². The zero-order valence-electron chi connectivity index (χ0n) is 12.4. The average molecular weight is 333 g/mol. The lowest BCUT2D eigenvalue weighted by Gasteiger charge is -2.14. The van der Waals surface area contributed by atoms with Gasteiger partial charge in [0.05, 0.1) is 27.5 Å². The Morgan fingerprint density at radius 1 is 1.04 bits per heavy atom. The lowest BCUT2D eigenvalue weighted by molar-refractivity contribution is -0.394. The van der Waals surface area contributed by atoms with E-state index in [9.17, 15) is 29.4 Å². The number of nitrogens with one attached hydrogen (secondary N) is 1. The fourth-order valence-electron chi connectivity index (χ4n) is 2.05. The van der Waals surface area contributed by atoms with Crippen LogP contribution in [-0.2, 0) is 0 Å². The summed E-state index contributed by atoms with van der Waals surface area (Å²) in [6.07, 6.45) is 0. The molecular formula is C15H12FN3O5. The van der Waals surface area contributed by atoms with Crippen LogP contribution in [0.15, 0.2) is 42.5 Å². The van der Waals surface area contributed by atoms with Gasteiger partial charge >= 0.3 is 0 Å². The van der Waals surface area contributed by atoms with E-state index < -0.39 is 39.0 Å². The summed E-state index contributed by atoms with van der Waals surface area (Å²) in [6, 6.07) is 7.61. The molecule has 2 rings (SSSR count). The molecule has 0 unspecified atom stereocenters. The lowest BCUT2D eigenvalue weighted by atomic mass is 10.1. The number of nitrogens with zero attached hydrogens (tertiary/aromatic N) is 2. The van der Waals surface area contributed by atoms with Gasteiger partial charge in [-0.3, -0.25) is 25.0 Å². The van der Waals surface area contributed by atoms with Gasteiger partial charge in [-0.05, 0) is 24.6 Å². The summed E-state index contributed by atoms with van der Waals surface area (Å²) in [5, 5.41) is 24.2. The number of hydrogen-bond donors (Lipinski definition) is 1. The Morgan fingerprint density at radius 2 is 1.54 bits per heavy atom. The summed E-state index contributed by atoms with van der Waals surface area (Å²) in [5.41, 5.74) is -0.692. The topological polar surface area (TPSA) is 115 Å². The number of nitro benzene ring substituents is 2. The molecule has 0 heterocycles. The Labute approximate surface area is 135 Å². The number of carbonyl (C=O) groups is 1. The van der Waals surface area contributed by atoms with Crippen molar-refractivity contribution >= 4 is 17.3 Å². The summed E-state index contributed by atoms with van der Waals surface area (Å²) >= 11 is 0. The molecule has 2 aromatic carbocycles. The Balaban J connectivity index is 2.27. The molecular weight excluding hydrogens is 321 g/mol. The number of non-ortho nitro benzene ring substituents is 2. The molecule has 2 aromatic rings. The van der Waals surface area contributed by atoms with Crippen LogP contribution < -0.4 is 5.32 Å². The second kappa shape index (κ2) is 6.82. The molecule has 0 spiro atoms. The fourth-order valence-corrected chi connectivity index (χ4v) is 2.05. The van der Waals surface area contributed by atoms with Crippen molar-refractivity contribution < 1.29 is 19.0 Å². The molecule has 0 aliphatic carbocycles. The normalized spacial score (nSPS) is 11.6. The van der Waals surface area contributed by atoms with Crippen molar-refractivity contribution in [2.45, 2.75) is 13.0 Å². The smallest absolute Gasteiger partial charge is 0.277 e. The van der Waals surface area contributed by atoms with Crippen LogP contribution in [0.25, 0.3) is 0 Å². The highest BCUT2D eigenvalue weighted by atomic mass is 19.1. The molecule has 0 aliphatic rings. The molecule has 0 saturated carbocycles. The minimum Gasteiger partial charge on any atom is -0.346 e. The van der Waals surface area contributed by atoms with Crippen LogP contribution in [0, 0.1) is 26.0 Å². The largest absolute Gasteiger partial charge is 0.346 e. The van der Waals surface area contributed by atoms with Crippen LogP contribution in [0.3, 0.4) is 0 Å². The summed E-state index contributed by atoms with van der Waals surface area (Å²) < 4.78 is 12.9. The van der Waals surface area contributed by atoms with E-state index in [1.165, 1.54) is 24.3 Å². The molecule has 0 aliphatic heterocycles. The van der Waals surface area contributed by atoms with Gasteiger partial charge in [0.25, 0.3) is 17.3 Å². The summed E-state index contributed by atoms with van der Waals surface area (Å²) in [4.78, 5) is 32.3. The fraction of sp³-hybridized carbons (Fsp3) is 0.133. The molecule has 0 saturated heterocycles. The molecule has 0 bridgehead atoms. The van der Waals surface area contributed by atoms with Crippen molar-refractivity contribution in [3.05, 3.63) is 79.6 Å². The first kappa shape index (κ1) is 17.0. The second-order valence-electron chi connectivity index (χ2n) is 5.00. The molecule has 1 atom stereocenters. The maximum Gasteiger partial charge on any atom is 0.277 e. The minimum atomic E-state index is -0.812. The zero-order valence-corrected chi connectivity index (χ0v) is 12.4. The van der Waals surface area contributed by atoms with Crippen molar-refractivity contribution in [1.29, 1.82) is 0 Å². The number of rotatable bonds is 5. The van der Waals surface area contributed by atoms with E-state index >= 15 is 0 Å². The van der Waals surface area contributed by atoms with E-state index in [1.807, 2.05) is 0 Å². The Hall–Kier alpha value is -3.36. The lowest BCUT2D eigenvalue weighted by Crippen LogP contribution is -2.26. The molecule has 1 amide bonds. The first-order chi connectivity index (χ1) is 11.3. The van der Waals surface area contributed by atoms with Crippen molar-refractivity contribution in [2.24, 2.45) is 0 Å². The third-order valence-corrected chi connectivity index (χ3v) is 3.30. The van der Waals surface area contributed by atoms with Gasteiger partial charge in [-0.25, -0.2) is 4.39 Å².